The zero-order valence-corrected chi connectivity index (χ0v) is 9.88. The van der Waals surface area contributed by atoms with E-state index in [2.05, 4.69) is 15.3 Å². The molecule has 2 aromatic rings. The second-order valence-electron chi connectivity index (χ2n) is 4.21. The van der Waals surface area contributed by atoms with Crippen LogP contribution in [0.3, 0.4) is 0 Å². The van der Waals surface area contributed by atoms with Crippen LogP contribution in [0.1, 0.15) is 6.92 Å². The summed E-state index contributed by atoms with van der Waals surface area (Å²) >= 11 is 0. The SMILES string of the molecule is CC(CO)CNc1nc2ccc([N+](=O)[O-])cc2[nH]1. The molecule has 7 nitrogen and oxygen atoms in total. The monoisotopic (exact) mass is 250 g/mol. The van der Waals surface area contributed by atoms with Gasteiger partial charge < -0.3 is 15.4 Å². The van der Waals surface area contributed by atoms with E-state index >= 15 is 0 Å². The van der Waals surface area contributed by atoms with Crippen LogP contribution in [0.5, 0.6) is 0 Å². The van der Waals surface area contributed by atoms with Gasteiger partial charge in [-0.15, -0.1) is 0 Å². The molecule has 1 aromatic carbocycles. The number of hydrogen-bond acceptors (Lipinski definition) is 5. The lowest BCUT2D eigenvalue weighted by atomic mass is 10.2. The number of fused-ring (bicyclic) bond motifs is 1. The van der Waals surface area contributed by atoms with E-state index in [9.17, 15) is 10.1 Å². The molecule has 0 saturated heterocycles. The number of nitrogens with zero attached hydrogens (tertiary/aromatic N) is 2. The van der Waals surface area contributed by atoms with E-state index in [-0.39, 0.29) is 18.2 Å². The number of aromatic amines is 1. The van der Waals surface area contributed by atoms with E-state index in [1.807, 2.05) is 6.92 Å². The summed E-state index contributed by atoms with van der Waals surface area (Å²) in [5.74, 6) is 0.665. The van der Waals surface area contributed by atoms with Crippen molar-refractivity contribution in [1.82, 2.24) is 9.97 Å². The van der Waals surface area contributed by atoms with E-state index in [1.165, 1.54) is 12.1 Å². The van der Waals surface area contributed by atoms with Crippen molar-refractivity contribution < 1.29 is 10.0 Å². The van der Waals surface area contributed by atoms with Crippen LogP contribution in [0.4, 0.5) is 11.6 Å². The summed E-state index contributed by atoms with van der Waals surface area (Å²) in [5.41, 5.74) is 1.31. The van der Waals surface area contributed by atoms with E-state index in [0.29, 0.717) is 23.5 Å². The molecular weight excluding hydrogens is 236 g/mol. The summed E-state index contributed by atoms with van der Waals surface area (Å²) < 4.78 is 0. The molecule has 0 aliphatic rings. The van der Waals surface area contributed by atoms with Gasteiger partial charge in [0.25, 0.3) is 5.69 Å². The molecule has 0 amide bonds. The first-order valence-corrected chi connectivity index (χ1v) is 5.59. The van der Waals surface area contributed by atoms with Gasteiger partial charge >= 0.3 is 0 Å². The van der Waals surface area contributed by atoms with Crippen LogP contribution >= 0.6 is 0 Å². The van der Waals surface area contributed by atoms with Gasteiger partial charge in [0, 0.05) is 25.3 Å². The molecule has 1 aromatic heterocycles. The van der Waals surface area contributed by atoms with E-state index in [4.69, 9.17) is 5.11 Å². The minimum atomic E-state index is -0.443. The zero-order chi connectivity index (χ0) is 13.1. The number of non-ortho nitro benzene ring substituents is 1. The van der Waals surface area contributed by atoms with Gasteiger partial charge in [0.1, 0.15) is 0 Å². The topological polar surface area (TPSA) is 104 Å². The van der Waals surface area contributed by atoms with Crippen molar-refractivity contribution in [3.8, 4) is 0 Å². The van der Waals surface area contributed by atoms with Gasteiger partial charge in [-0.05, 0) is 12.0 Å². The molecule has 7 heteroatoms. The van der Waals surface area contributed by atoms with Crippen LogP contribution in [-0.4, -0.2) is 33.1 Å². The van der Waals surface area contributed by atoms with Crippen molar-refractivity contribution >= 4 is 22.7 Å². The molecule has 0 aliphatic heterocycles. The van der Waals surface area contributed by atoms with Crippen LogP contribution in [0, 0.1) is 16.0 Å². The molecule has 1 heterocycles. The van der Waals surface area contributed by atoms with Crippen molar-refractivity contribution in [1.29, 1.82) is 0 Å². The van der Waals surface area contributed by atoms with E-state index in [1.54, 1.807) is 6.07 Å². The second-order valence-corrected chi connectivity index (χ2v) is 4.21. The zero-order valence-electron chi connectivity index (χ0n) is 9.88. The number of imidazole rings is 1. The van der Waals surface area contributed by atoms with Crippen LogP contribution in [-0.2, 0) is 0 Å². The fourth-order valence-electron chi connectivity index (χ4n) is 1.53. The number of benzene rings is 1. The number of aliphatic hydroxyl groups excluding tert-OH is 1. The molecule has 1 atom stereocenters. The number of anilines is 1. The van der Waals surface area contributed by atoms with Gasteiger partial charge in [-0.3, -0.25) is 10.1 Å². The molecule has 18 heavy (non-hydrogen) atoms. The van der Waals surface area contributed by atoms with E-state index in [0.717, 1.165) is 0 Å². The predicted octanol–water partition coefficient (Wildman–Crippen LogP) is 1.51. The maximum Gasteiger partial charge on any atom is 0.271 e. The predicted molar refractivity (Wildman–Crippen MR) is 67.5 cm³/mol. The van der Waals surface area contributed by atoms with Crippen molar-refractivity contribution in [2.75, 3.05) is 18.5 Å². The third-order valence-electron chi connectivity index (χ3n) is 2.61. The number of nitrogens with one attached hydrogen (secondary N) is 2. The summed E-state index contributed by atoms with van der Waals surface area (Å²) in [6, 6.07) is 4.47. The molecule has 96 valence electrons. The maximum absolute atomic E-state index is 10.6. The smallest absolute Gasteiger partial charge is 0.271 e. The highest BCUT2D eigenvalue weighted by Gasteiger charge is 2.09. The van der Waals surface area contributed by atoms with E-state index < -0.39 is 4.92 Å². The maximum atomic E-state index is 10.6. The summed E-state index contributed by atoms with van der Waals surface area (Å²) in [4.78, 5) is 17.4. The Labute approximate surface area is 103 Å². The summed E-state index contributed by atoms with van der Waals surface area (Å²) in [6.45, 7) is 2.58. The van der Waals surface area contributed by atoms with Gasteiger partial charge in [-0.2, -0.15) is 0 Å². The van der Waals surface area contributed by atoms with Gasteiger partial charge in [-0.1, -0.05) is 6.92 Å². The number of nitro groups is 1. The third-order valence-corrected chi connectivity index (χ3v) is 2.61. The highest BCUT2D eigenvalue weighted by molar-refractivity contribution is 5.79. The highest BCUT2D eigenvalue weighted by atomic mass is 16.6. The number of aromatic nitrogens is 2. The Morgan fingerprint density at radius 1 is 1.61 bits per heavy atom. The lowest BCUT2D eigenvalue weighted by molar-refractivity contribution is -0.384. The van der Waals surface area contributed by atoms with Crippen molar-refractivity contribution in [2.24, 2.45) is 5.92 Å². The number of hydrogen-bond donors (Lipinski definition) is 3. The highest BCUT2D eigenvalue weighted by Crippen LogP contribution is 2.20. The molecule has 2 rings (SSSR count). The second kappa shape index (κ2) is 5.01. The lowest BCUT2D eigenvalue weighted by Gasteiger charge is -2.07. The molecule has 0 fully saturated rings. The number of aliphatic hydroxyl groups is 1. The first-order chi connectivity index (χ1) is 8.60. The largest absolute Gasteiger partial charge is 0.396 e. The number of nitro benzene ring substituents is 1. The van der Waals surface area contributed by atoms with Gasteiger partial charge in [0.05, 0.1) is 16.0 Å². The average Bonchev–Trinajstić information content (AvgIpc) is 2.77. The average molecular weight is 250 g/mol. The molecule has 3 N–H and O–H groups in total. The molecule has 0 saturated carbocycles. The Bertz CT molecular complexity index is 566. The third kappa shape index (κ3) is 2.57. The molecule has 0 bridgehead atoms. The van der Waals surface area contributed by atoms with Crippen LogP contribution < -0.4 is 5.32 Å². The Hall–Kier alpha value is -2.15. The first kappa shape index (κ1) is 12.3. The fraction of sp³-hybridized carbons (Fsp3) is 0.364. The van der Waals surface area contributed by atoms with Crippen LogP contribution in [0.2, 0.25) is 0 Å². The van der Waals surface area contributed by atoms with Crippen LogP contribution in [0.15, 0.2) is 18.2 Å². The molecule has 1 unspecified atom stereocenters. The van der Waals surface area contributed by atoms with Crippen LogP contribution in [0.25, 0.3) is 11.0 Å². The number of rotatable bonds is 5. The van der Waals surface area contributed by atoms with Gasteiger partial charge in [-0.25, -0.2) is 4.98 Å². The van der Waals surface area contributed by atoms with Crippen molar-refractivity contribution in [3.05, 3.63) is 28.3 Å². The summed E-state index contributed by atoms with van der Waals surface area (Å²) in [6.07, 6.45) is 0. The minimum Gasteiger partial charge on any atom is -0.396 e. The molecule has 0 radical (unpaired) electrons. The molecule has 0 spiro atoms. The quantitative estimate of drug-likeness (QED) is 0.551. The van der Waals surface area contributed by atoms with Crippen molar-refractivity contribution in [2.45, 2.75) is 6.92 Å². The summed E-state index contributed by atoms with van der Waals surface area (Å²) in [7, 11) is 0. The normalized spacial score (nSPS) is 12.6. The van der Waals surface area contributed by atoms with Gasteiger partial charge in [0.2, 0.25) is 5.95 Å². The fourth-order valence-corrected chi connectivity index (χ4v) is 1.53. The Balaban J connectivity index is 2.19. The first-order valence-electron chi connectivity index (χ1n) is 5.59. The Morgan fingerprint density at radius 2 is 2.39 bits per heavy atom. The standard InChI is InChI=1S/C11H14N4O3/c1-7(6-16)5-12-11-13-9-3-2-8(15(17)18)4-10(9)14-11/h2-4,7,16H,5-6H2,1H3,(H2,12,13,14). The molecule has 0 aliphatic carbocycles. The van der Waals surface area contributed by atoms with Gasteiger partial charge in [0.15, 0.2) is 0 Å². The van der Waals surface area contributed by atoms with Crippen molar-refractivity contribution in [3.63, 3.8) is 0 Å². The minimum absolute atomic E-state index is 0.0291. The Kier molecular flexibility index (Phi) is 3.42. The summed E-state index contributed by atoms with van der Waals surface area (Å²) in [5, 5.41) is 22.6. The lowest BCUT2D eigenvalue weighted by Crippen LogP contribution is -2.15. The number of H-pyrrole nitrogens is 1. The Morgan fingerprint density at radius 3 is 3.06 bits per heavy atom. The molecular formula is C11H14N4O3.